The number of hydrogen-bond donors (Lipinski definition) is 0. The minimum Gasteiger partial charge on any atom is -0.299 e. The van der Waals surface area contributed by atoms with Crippen LogP contribution in [0.5, 0.6) is 0 Å². The molecule has 114 valence electrons. The van der Waals surface area contributed by atoms with Crippen molar-refractivity contribution in [2.75, 3.05) is 32.7 Å². The fourth-order valence-corrected chi connectivity index (χ4v) is 3.59. The molecule has 1 atom stereocenters. The van der Waals surface area contributed by atoms with Gasteiger partial charge in [0.1, 0.15) is 0 Å². The van der Waals surface area contributed by atoms with Crippen molar-refractivity contribution in [1.29, 1.82) is 0 Å². The summed E-state index contributed by atoms with van der Waals surface area (Å²) in [6.45, 7) is 5.10. The highest BCUT2D eigenvalue weighted by Crippen LogP contribution is 2.20. The van der Waals surface area contributed by atoms with Gasteiger partial charge >= 0.3 is 0 Å². The third-order valence-corrected chi connectivity index (χ3v) is 4.94. The van der Waals surface area contributed by atoms with Gasteiger partial charge in [-0.15, -0.1) is 0 Å². The molecule has 1 aromatic carbocycles. The van der Waals surface area contributed by atoms with Gasteiger partial charge in [0.15, 0.2) is 5.78 Å². The first-order valence-electron chi connectivity index (χ1n) is 7.97. The summed E-state index contributed by atoms with van der Waals surface area (Å²) in [5.74, 6) is 0.200. The van der Waals surface area contributed by atoms with Crippen molar-refractivity contribution in [3.8, 4) is 0 Å². The van der Waals surface area contributed by atoms with E-state index in [1.807, 2.05) is 12.1 Å². The van der Waals surface area contributed by atoms with Crippen molar-refractivity contribution in [3.63, 3.8) is 0 Å². The largest absolute Gasteiger partial charge is 0.299 e. The number of piperidine rings is 1. The average Bonchev–Trinajstić information content (AvgIpc) is 2.97. The summed E-state index contributed by atoms with van der Waals surface area (Å²) < 4.78 is 0. The first-order chi connectivity index (χ1) is 10.2. The van der Waals surface area contributed by atoms with Gasteiger partial charge in [0.2, 0.25) is 0 Å². The number of nitrogens with zero attached hydrogens (tertiary/aromatic N) is 2. The van der Waals surface area contributed by atoms with Gasteiger partial charge in [-0.05, 0) is 56.6 Å². The minimum atomic E-state index is 0.200. The fraction of sp³-hybridized carbons (Fsp3) is 0.588. The zero-order valence-electron chi connectivity index (χ0n) is 12.4. The maximum atomic E-state index is 12.3. The molecule has 0 radical (unpaired) electrons. The predicted octanol–water partition coefficient (Wildman–Crippen LogP) is 3.08. The Kier molecular flexibility index (Phi) is 4.94. The van der Waals surface area contributed by atoms with Crippen LogP contribution in [-0.4, -0.2) is 54.3 Å². The summed E-state index contributed by atoms with van der Waals surface area (Å²) in [4.78, 5) is 17.2. The maximum absolute atomic E-state index is 12.3. The molecule has 2 fully saturated rings. The molecule has 0 bridgehead atoms. The third-order valence-electron chi connectivity index (χ3n) is 4.69. The molecule has 0 amide bonds. The van der Waals surface area contributed by atoms with Crippen LogP contribution >= 0.6 is 11.6 Å². The molecule has 0 saturated carbocycles. The van der Waals surface area contributed by atoms with E-state index in [9.17, 15) is 4.79 Å². The normalized spacial score (nSPS) is 24.3. The lowest BCUT2D eigenvalue weighted by Gasteiger charge is -2.32. The van der Waals surface area contributed by atoms with Crippen LogP contribution in [0.2, 0.25) is 5.02 Å². The lowest BCUT2D eigenvalue weighted by atomic mass is 10.1. The molecule has 2 saturated heterocycles. The second-order valence-corrected chi connectivity index (χ2v) is 6.64. The lowest BCUT2D eigenvalue weighted by Crippen LogP contribution is -2.41. The Morgan fingerprint density at radius 3 is 2.52 bits per heavy atom. The number of carbonyl (C=O) groups excluding carboxylic acids is 1. The summed E-state index contributed by atoms with van der Waals surface area (Å²) >= 11 is 5.86. The van der Waals surface area contributed by atoms with Gasteiger partial charge in [-0.3, -0.25) is 14.6 Å². The molecule has 3 rings (SSSR count). The molecule has 21 heavy (non-hydrogen) atoms. The second kappa shape index (κ2) is 6.91. The second-order valence-electron chi connectivity index (χ2n) is 6.20. The molecule has 1 unspecified atom stereocenters. The van der Waals surface area contributed by atoms with E-state index >= 15 is 0 Å². The van der Waals surface area contributed by atoms with E-state index < -0.39 is 0 Å². The van der Waals surface area contributed by atoms with Crippen LogP contribution in [0, 0.1) is 0 Å². The van der Waals surface area contributed by atoms with Gasteiger partial charge < -0.3 is 0 Å². The van der Waals surface area contributed by atoms with Crippen LogP contribution in [-0.2, 0) is 0 Å². The van der Waals surface area contributed by atoms with E-state index in [0.29, 0.717) is 17.6 Å². The quantitative estimate of drug-likeness (QED) is 0.799. The molecule has 0 N–H and O–H groups in total. The molecule has 2 aliphatic heterocycles. The molecular weight excluding hydrogens is 284 g/mol. The molecule has 4 heteroatoms. The minimum absolute atomic E-state index is 0.200. The van der Waals surface area contributed by atoms with Crippen LogP contribution in [0.1, 0.15) is 36.0 Å². The lowest BCUT2D eigenvalue weighted by molar-refractivity contribution is 0.0936. The Hall–Kier alpha value is -0.900. The number of rotatable bonds is 4. The van der Waals surface area contributed by atoms with Gasteiger partial charge in [-0.1, -0.05) is 18.0 Å². The average molecular weight is 307 g/mol. The molecule has 2 aliphatic rings. The summed E-state index contributed by atoms with van der Waals surface area (Å²) in [6.07, 6.45) is 5.25. The number of likely N-dealkylation sites (tertiary alicyclic amines) is 2. The van der Waals surface area contributed by atoms with Crippen LogP contribution in [0.15, 0.2) is 24.3 Å². The van der Waals surface area contributed by atoms with Gasteiger partial charge in [0.05, 0.1) is 6.54 Å². The Balaban J connectivity index is 1.52. The first kappa shape index (κ1) is 15.0. The summed E-state index contributed by atoms with van der Waals surface area (Å²) in [5.41, 5.74) is 0.765. The number of halogens is 1. The SMILES string of the molecule is O=C(CN1CCC(N2CCCCC2)C1)c1ccc(Cl)cc1. The Bertz CT molecular complexity index is 482. The van der Waals surface area contributed by atoms with Gasteiger partial charge in [-0.2, -0.15) is 0 Å². The molecule has 1 aromatic rings. The van der Waals surface area contributed by atoms with E-state index in [2.05, 4.69) is 9.80 Å². The van der Waals surface area contributed by atoms with Crippen molar-refractivity contribution >= 4 is 17.4 Å². The van der Waals surface area contributed by atoms with Crippen LogP contribution in [0.3, 0.4) is 0 Å². The van der Waals surface area contributed by atoms with Crippen molar-refractivity contribution in [1.82, 2.24) is 9.80 Å². The molecule has 0 spiro atoms. The van der Waals surface area contributed by atoms with Crippen molar-refractivity contribution in [3.05, 3.63) is 34.9 Å². The van der Waals surface area contributed by atoms with Crippen LogP contribution < -0.4 is 0 Å². The highest BCUT2D eigenvalue weighted by Gasteiger charge is 2.29. The van der Waals surface area contributed by atoms with E-state index in [1.165, 1.54) is 38.8 Å². The highest BCUT2D eigenvalue weighted by atomic mass is 35.5. The number of ketones is 1. The smallest absolute Gasteiger partial charge is 0.176 e. The Morgan fingerprint density at radius 2 is 1.81 bits per heavy atom. The van der Waals surface area contributed by atoms with Gasteiger partial charge in [-0.25, -0.2) is 0 Å². The number of Topliss-reactive ketones (excluding diaryl/α,β-unsaturated/α-hetero) is 1. The standard InChI is InChI=1S/C17H23ClN2O/c18-15-6-4-14(5-7-15)17(21)13-19-11-8-16(12-19)20-9-2-1-3-10-20/h4-7,16H,1-3,8-13H2. The summed E-state index contributed by atoms with van der Waals surface area (Å²) in [6, 6.07) is 7.87. The molecule has 0 aliphatic carbocycles. The highest BCUT2D eigenvalue weighted by molar-refractivity contribution is 6.30. The number of carbonyl (C=O) groups is 1. The molecule has 0 aromatic heterocycles. The van der Waals surface area contributed by atoms with E-state index in [0.717, 1.165) is 18.7 Å². The maximum Gasteiger partial charge on any atom is 0.176 e. The van der Waals surface area contributed by atoms with Crippen LogP contribution in [0.25, 0.3) is 0 Å². The van der Waals surface area contributed by atoms with E-state index in [4.69, 9.17) is 11.6 Å². The topological polar surface area (TPSA) is 23.6 Å². The monoisotopic (exact) mass is 306 g/mol. The summed E-state index contributed by atoms with van der Waals surface area (Å²) in [5, 5.41) is 0.679. The Labute approximate surface area is 131 Å². The molecule has 3 nitrogen and oxygen atoms in total. The van der Waals surface area contributed by atoms with Gasteiger partial charge in [0, 0.05) is 29.7 Å². The zero-order chi connectivity index (χ0) is 14.7. The fourth-order valence-electron chi connectivity index (χ4n) is 3.47. The molecule has 2 heterocycles. The van der Waals surface area contributed by atoms with E-state index in [1.54, 1.807) is 12.1 Å². The predicted molar refractivity (Wildman–Crippen MR) is 86.1 cm³/mol. The first-order valence-corrected chi connectivity index (χ1v) is 8.35. The van der Waals surface area contributed by atoms with Crippen molar-refractivity contribution < 1.29 is 4.79 Å². The van der Waals surface area contributed by atoms with E-state index in [-0.39, 0.29) is 5.78 Å². The van der Waals surface area contributed by atoms with Crippen molar-refractivity contribution in [2.24, 2.45) is 0 Å². The zero-order valence-corrected chi connectivity index (χ0v) is 13.2. The van der Waals surface area contributed by atoms with Crippen LogP contribution in [0.4, 0.5) is 0 Å². The van der Waals surface area contributed by atoms with Crippen molar-refractivity contribution in [2.45, 2.75) is 31.7 Å². The summed E-state index contributed by atoms with van der Waals surface area (Å²) in [7, 11) is 0. The Morgan fingerprint density at radius 1 is 1.10 bits per heavy atom. The number of benzene rings is 1. The molecular formula is C17H23ClN2O. The van der Waals surface area contributed by atoms with Gasteiger partial charge in [0.25, 0.3) is 0 Å². The number of hydrogen-bond acceptors (Lipinski definition) is 3. The third kappa shape index (κ3) is 3.85.